The van der Waals surface area contributed by atoms with Crippen molar-refractivity contribution >= 4 is 16.9 Å². The van der Waals surface area contributed by atoms with Crippen LogP contribution in [0.25, 0.3) is 22.2 Å². The molecule has 1 aromatic heterocycles. The molecule has 3 aromatic rings. The quantitative estimate of drug-likeness (QED) is 0.761. The van der Waals surface area contributed by atoms with Gasteiger partial charge in [-0.1, -0.05) is 6.07 Å². The molecule has 0 amide bonds. The van der Waals surface area contributed by atoms with E-state index in [1.165, 1.54) is 30.3 Å². The van der Waals surface area contributed by atoms with Crippen molar-refractivity contribution in [3.8, 4) is 11.3 Å². The van der Waals surface area contributed by atoms with Crippen LogP contribution in [0.4, 0.5) is 19.1 Å². The first-order valence-corrected chi connectivity index (χ1v) is 8.43. The highest BCUT2D eigenvalue weighted by atomic mass is 19.2. The van der Waals surface area contributed by atoms with Crippen molar-refractivity contribution in [2.75, 3.05) is 24.5 Å². The lowest BCUT2D eigenvalue weighted by atomic mass is 10.1. The molecule has 4 nitrogen and oxygen atoms in total. The Hall–Kier alpha value is -2.67. The van der Waals surface area contributed by atoms with Crippen molar-refractivity contribution in [2.24, 2.45) is 0 Å². The molecular formula is C19H17F3N4. The largest absolute Gasteiger partial charge is 0.336 e. The van der Waals surface area contributed by atoms with Crippen molar-refractivity contribution in [3.63, 3.8) is 0 Å². The minimum Gasteiger partial charge on any atom is -0.336 e. The molecular weight excluding hydrogens is 341 g/mol. The molecule has 1 fully saturated rings. The summed E-state index contributed by atoms with van der Waals surface area (Å²) in [5.41, 5.74) is 0.653. The third kappa shape index (κ3) is 2.88. The predicted octanol–water partition coefficient (Wildman–Crippen LogP) is 3.51. The molecule has 0 spiro atoms. The van der Waals surface area contributed by atoms with Gasteiger partial charge < -0.3 is 10.2 Å². The number of piperazine rings is 1. The van der Waals surface area contributed by atoms with Gasteiger partial charge in [-0.25, -0.2) is 23.1 Å². The third-order valence-electron chi connectivity index (χ3n) is 4.61. The van der Waals surface area contributed by atoms with Crippen molar-refractivity contribution in [1.82, 2.24) is 15.3 Å². The summed E-state index contributed by atoms with van der Waals surface area (Å²) in [5.74, 6) is -1.98. The van der Waals surface area contributed by atoms with Gasteiger partial charge in [-0.2, -0.15) is 0 Å². The molecule has 1 unspecified atom stereocenters. The van der Waals surface area contributed by atoms with Crippen LogP contribution in [0.15, 0.2) is 36.4 Å². The summed E-state index contributed by atoms with van der Waals surface area (Å²) in [7, 11) is 0. The van der Waals surface area contributed by atoms with Crippen LogP contribution >= 0.6 is 0 Å². The molecule has 1 N–H and O–H groups in total. The number of rotatable bonds is 2. The van der Waals surface area contributed by atoms with Gasteiger partial charge in [0.25, 0.3) is 0 Å². The van der Waals surface area contributed by atoms with Gasteiger partial charge in [0.15, 0.2) is 11.6 Å². The maximum absolute atomic E-state index is 14.4. The highest BCUT2D eigenvalue weighted by molar-refractivity contribution is 5.93. The Labute approximate surface area is 148 Å². The number of hydrogen-bond donors (Lipinski definition) is 1. The zero-order chi connectivity index (χ0) is 18.3. The van der Waals surface area contributed by atoms with E-state index in [1.54, 1.807) is 0 Å². The van der Waals surface area contributed by atoms with E-state index in [0.717, 1.165) is 19.2 Å². The van der Waals surface area contributed by atoms with Crippen LogP contribution in [0.2, 0.25) is 0 Å². The second-order valence-electron chi connectivity index (χ2n) is 6.38. The Bertz CT molecular complexity index is 976. The van der Waals surface area contributed by atoms with Gasteiger partial charge in [0.05, 0.1) is 11.2 Å². The van der Waals surface area contributed by atoms with E-state index in [9.17, 15) is 13.2 Å². The first-order valence-electron chi connectivity index (χ1n) is 8.43. The molecule has 1 saturated heterocycles. The second kappa shape index (κ2) is 6.57. The Morgan fingerprint density at radius 3 is 2.77 bits per heavy atom. The molecule has 1 aliphatic rings. The van der Waals surface area contributed by atoms with Crippen LogP contribution in [0.5, 0.6) is 0 Å². The average molecular weight is 358 g/mol. The Balaban J connectivity index is 1.97. The summed E-state index contributed by atoms with van der Waals surface area (Å²) in [4.78, 5) is 11.0. The first kappa shape index (κ1) is 16.8. The summed E-state index contributed by atoms with van der Waals surface area (Å²) >= 11 is 0. The summed E-state index contributed by atoms with van der Waals surface area (Å²) < 4.78 is 41.9. The molecule has 0 bridgehead atoms. The molecule has 1 aliphatic heterocycles. The highest BCUT2D eigenvalue weighted by Gasteiger charge is 2.23. The number of hydrogen-bond acceptors (Lipinski definition) is 4. The molecule has 2 aromatic carbocycles. The highest BCUT2D eigenvalue weighted by Crippen LogP contribution is 2.31. The van der Waals surface area contributed by atoms with Crippen LogP contribution < -0.4 is 10.2 Å². The fraction of sp³-hybridized carbons (Fsp3) is 0.263. The van der Waals surface area contributed by atoms with E-state index in [0.29, 0.717) is 23.4 Å². The lowest BCUT2D eigenvalue weighted by molar-refractivity contribution is 0.493. The molecule has 0 saturated carbocycles. The summed E-state index contributed by atoms with van der Waals surface area (Å²) in [6, 6.07) is 8.12. The monoisotopic (exact) mass is 358 g/mol. The number of fused-ring (bicyclic) bond motifs is 1. The SMILES string of the molecule is CC1CNCCN1c1nc(-c2cccc(F)c2F)c2ccc(F)cc2n1. The summed E-state index contributed by atoms with van der Waals surface area (Å²) in [5, 5.41) is 3.75. The van der Waals surface area contributed by atoms with Crippen molar-refractivity contribution < 1.29 is 13.2 Å². The molecule has 1 atom stereocenters. The lowest BCUT2D eigenvalue weighted by Gasteiger charge is -2.34. The van der Waals surface area contributed by atoms with Crippen LogP contribution in [0.1, 0.15) is 6.92 Å². The van der Waals surface area contributed by atoms with Gasteiger partial charge in [0, 0.05) is 42.7 Å². The number of anilines is 1. The van der Waals surface area contributed by atoms with E-state index >= 15 is 0 Å². The molecule has 7 heteroatoms. The molecule has 2 heterocycles. The van der Waals surface area contributed by atoms with Crippen LogP contribution in [-0.2, 0) is 0 Å². The average Bonchev–Trinajstić information content (AvgIpc) is 2.63. The predicted molar refractivity (Wildman–Crippen MR) is 94.5 cm³/mol. The first-order chi connectivity index (χ1) is 12.5. The van der Waals surface area contributed by atoms with E-state index in [2.05, 4.69) is 15.3 Å². The standard InChI is InChI=1S/C19H17F3N4/c1-11-10-23-7-8-26(11)19-24-16-9-12(20)5-6-13(16)18(25-19)14-3-2-4-15(21)17(14)22/h2-6,9,11,23H,7-8,10H2,1H3. The maximum Gasteiger partial charge on any atom is 0.226 e. The maximum atomic E-state index is 14.4. The Kier molecular flexibility index (Phi) is 4.24. The zero-order valence-electron chi connectivity index (χ0n) is 14.1. The van der Waals surface area contributed by atoms with Gasteiger partial charge in [0.2, 0.25) is 5.95 Å². The summed E-state index contributed by atoms with van der Waals surface area (Å²) in [6.45, 7) is 4.22. The Morgan fingerprint density at radius 1 is 1.12 bits per heavy atom. The van der Waals surface area contributed by atoms with E-state index in [4.69, 9.17) is 0 Å². The van der Waals surface area contributed by atoms with Gasteiger partial charge in [-0.05, 0) is 31.2 Å². The van der Waals surface area contributed by atoms with Crippen LogP contribution in [-0.4, -0.2) is 35.6 Å². The minimum atomic E-state index is -0.976. The fourth-order valence-electron chi connectivity index (χ4n) is 3.25. The lowest BCUT2D eigenvalue weighted by Crippen LogP contribution is -2.50. The molecule has 134 valence electrons. The second-order valence-corrected chi connectivity index (χ2v) is 6.38. The number of nitrogens with zero attached hydrogens (tertiary/aromatic N) is 3. The molecule has 4 rings (SSSR count). The van der Waals surface area contributed by atoms with Gasteiger partial charge in [0.1, 0.15) is 5.82 Å². The minimum absolute atomic E-state index is 0.0352. The topological polar surface area (TPSA) is 41.0 Å². The smallest absolute Gasteiger partial charge is 0.226 e. The van der Waals surface area contributed by atoms with E-state index in [-0.39, 0.29) is 17.3 Å². The van der Waals surface area contributed by atoms with Crippen LogP contribution in [0.3, 0.4) is 0 Å². The normalized spacial score (nSPS) is 17.7. The number of aromatic nitrogens is 2. The fourth-order valence-corrected chi connectivity index (χ4v) is 3.25. The van der Waals surface area contributed by atoms with Crippen molar-refractivity contribution in [1.29, 1.82) is 0 Å². The van der Waals surface area contributed by atoms with Gasteiger partial charge in [-0.15, -0.1) is 0 Å². The molecule has 0 aliphatic carbocycles. The number of benzene rings is 2. The van der Waals surface area contributed by atoms with Crippen LogP contribution in [0, 0.1) is 17.5 Å². The Morgan fingerprint density at radius 2 is 1.96 bits per heavy atom. The number of nitrogens with one attached hydrogen (secondary N) is 1. The van der Waals surface area contributed by atoms with E-state index in [1.807, 2.05) is 11.8 Å². The zero-order valence-corrected chi connectivity index (χ0v) is 14.1. The number of halogens is 3. The third-order valence-corrected chi connectivity index (χ3v) is 4.61. The van der Waals surface area contributed by atoms with Gasteiger partial charge >= 0.3 is 0 Å². The molecule has 26 heavy (non-hydrogen) atoms. The van der Waals surface area contributed by atoms with Crippen molar-refractivity contribution in [2.45, 2.75) is 13.0 Å². The summed E-state index contributed by atoms with van der Waals surface area (Å²) in [6.07, 6.45) is 0. The van der Waals surface area contributed by atoms with Crippen molar-refractivity contribution in [3.05, 3.63) is 53.8 Å². The van der Waals surface area contributed by atoms with E-state index < -0.39 is 17.5 Å². The molecule has 0 radical (unpaired) electrons. The van der Waals surface area contributed by atoms with Gasteiger partial charge in [-0.3, -0.25) is 0 Å².